The number of carbonyl (C=O) groups excluding carboxylic acids is 1. The first-order valence-corrected chi connectivity index (χ1v) is 11.3. The molecule has 2 unspecified atom stereocenters. The van der Waals surface area contributed by atoms with E-state index < -0.39 is 27.7 Å². The van der Waals surface area contributed by atoms with Crippen LogP contribution in [0.25, 0.3) is 0 Å². The van der Waals surface area contributed by atoms with Gasteiger partial charge in [-0.2, -0.15) is 4.31 Å². The third-order valence-corrected chi connectivity index (χ3v) is 7.35. The number of halogens is 3. The minimum absolute atomic E-state index is 0.118. The van der Waals surface area contributed by atoms with Crippen LogP contribution in [-0.4, -0.2) is 55.8 Å². The fourth-order valence-corrected chi connectivity index (χ4v) is 4.89. The summed E-state index contributed by atoms with van der Waals surface area (Å²) in [4.78, 5) is 14.2. The predicted octanol–water partition coefficient (Wildman–Crippen LogP) is 2.68. The summed E-state index contributed by atoms with van der Waals surface area (Å²) in [6, 6.07) is 7.54. The molecule has 1 saturated heterocycles. The molecule has 0 radical (unpaired) electrons. The van der Waals surface area contributed by atoms with Gasteiger partial charge in [-0.3, -0.25) is 9.69 Å². The second-order valence-electron chi connectivity index (χ2n) is 7.47. The molecule has 168 valence electrons. The Balaban J connectivity index is 1.58. The molecular formula is C21H24F3N3O3S. The van der Waals surface area contributed by atoms with Crippen molar-refractivity contribution in [2.75, 3.05) is 26.2 Å². The molecule has 0 aromatic heterocycles. The third kappa shape index (κ3) is 5.25. The highest BCUT2D eigenvalue weighted by Crippen LogP contribution is 2.21. The molecule has 0 saturated carbocycles. The Labute approximate surface area is 179 Å². The van der Waals surface area contributed by atoms with E-state index in [2.05, 4.69) is 5.32 Å². The Morgan fingerprint density at radius 3 is 2.13 bits per heavy atom. The standard InChI is InChI=1S/C21H24F3N3O3S/c1-14(16-3-5-17(22)6-4-16)25-21(28)15(2)26-9-11-27(12-10-26)31(29,30)18-7-8-19(23)20(24)13-18/h3-8,13-15H,9-12H2,1-2H3,(H,25,28). The van der Waals surface area contributed by atoms with Gasteiger partial charge >= 0.3 is 0 Å². The second-order valence-corrected chi connectivity index (χ2v) is 9.41. The van der Waals surface area contributed by atoms with Gasteiger partial charge in [0.1, 0.15) is 5.82 Å². The zero-order chi connectivity index (χ0) is 22.8. The van der Waals surface area contributed by atoms with Gasteiger partial charge in [0.2, 0.25) is 15.9 Å². The lowest BCUT2D eigenvalue weighted by Gasteiger charge is -2.37. The van der Waals surface area contributed by atoms with Crippen LogP contribution in [0.5, 0.6) is 0 Å². The van der Waals surface area contributed by atoms with Gasteiger partial charge in [0.25, 0.3) is 0 Å². The average molecular weight is 456 g/mol. The van der Waals surface area contributed by atoms with E-state index in [0.29, 0.717) is 19.2 Å². The summed E-state index contributed by atoms with van der Waals surface area (Å²) in [7, 11) is -3.96. The minimum atomic E-state index is -3.96. The Bertz CT molecular complexity index is 1040. The van der Waals surface area contributed by atoms with Crippen molar-refractivity contribution in [2.24, 2.45) is 0 Å². The van der Waals surface area contributed by atoms with E-state index in [1.54, 1.807) is 26.0 Å². The third-order valence-electron chi connectivity index (χ3n) is 5.46. The van der Waals surface area contributed by atoms with Gasteiger partial charge in [-0.15, -0.1) is 0 Å². The van der Waals surface area contributed by atoms with Crippen LogP contribution in [0.3, 0.4) is 0 Å². The van der Waals surface area contributed by atoms with Crippen molar-refractivity contribution in [1.29, 1.82) is 0 Å². The molecule has 3 rings (SSSR count). The first-order chi connectivity index (χ1) is 14.6. The van der Waals surface area contributed by atoms with Crippen LogP contribution >= 0.6 is 0 Å². The summed E-state index contributed by atoms with van der Waals surface area (Å²) in [6.07, 6.45) is 0. The van der Waals surface area contributed by atoms with E-state index in [1.165, 1.54) is 16.4 Å². The SMILES string of the molecule is CC(NC(=O)C(C)N1CCN(S(=O)(=O)c2ccc(F)c(F)c2)CC1)c1ccc(F)cc1. The van der Waals surface area contributed by atoms with Crippen LogP contribution in [0.4, 0.5) is 13.2 Å². The molecule has 0 aliphatic carbocycles. The van der Waals surface area contributed by atoms with Crippen molar-refractivity contribution < 1.29 is 26.4 Å². The molecule has 1 amide bonds. The zero-order valence-corrected chi connectivity index (χ0v) is 18.0. The van der Waals surface area contributed by atoms with Gasteiger partial charge in [0.15, 0.2) is 11.6 Å². The Morgan fingerprint density at radius 2 is 1.55 bits per heavy atom. The fraction of sp³-hybridized carbons (Fsp3) is 0.381. The van der Waals surface area contributed by atoms with Gasteiger partial charge in [-0.25, -0.2) is 21.6 Å². The number of rotatable bonds is 6. The molecule has 6 nitrogen and oxygen atoms in total. The van der Waals surface area contributed by atoms with Crippen molar-refractivity contribution in [2.45, 2.75) is 30.8 Å². The zero-order valence-electron chi connectivity index (χ0n) is 17.2. The minimum Gasteiger partial charge on any atom is -0.348 e. The molecule has 10 heteroatoms. The highest BCUT2D eigenvalue weighted by molar-refractivity contribution is 7.89. The average Bonchev–Trinajstić information content (AvgIpc) is 2.75. The highest BCUT2D eigenvalue weighted by Gasteiger charge is 2.32. The molecule has 0 bridgehead atoms. The summed E-state index contributed by atoms with van der Waals surface area (Å²) >= 11 is 0. The van der Waals surface area contributed by atoms with Crippen molar-refractivity contribution in [3.63, 3.8) is 0 Å². The van der Waals surface area contributed by atoms with Crippen LogP contribution in [0, 0.1) is 17.5 Å². The van der Waals surface area contributed by atoms with Gasteiger partial charge in [0.05, 0.1) is 17.0 Å². The van der Waals surface area contributed by atoms with Gasteiger partial charge in [0, 0.05) is 26.2 Å². The largest absolute Gasteiger partial charge is 0.348 e. The molecule has 2 aromatic rings. The van der Waals surface area contributed by atoms with Gasteiger partial charge < -0.3 is 5.32 Å². The van der Waals surface area contributed by atoms with Gasteiger partial charge in [-0.1, -0.05) is 12.1 Å². The predicted molar refractivity (Wildman–Crippen MR) is 109 cm³/mol. The lowest BCUT2D eigenvalue weighted by molar-refractivity contribution is -0.127. The van der Waals surface area contributed by atoms with E-state index in [-0.39, 0.29) is 35.8 Å². The highest BCUT2D eigenvalue weighted by atomic mass is 32.2. The smallest absolute Gasteiger partial charge is 0.243 e. The number of sulfonamides is 1. The van der Waals surface area contributed by atoms with Gasteiger partial charge in [-0.05, 0) is 49.7 Å². The molecule has 1 heterocycles. The van der Waals surface area contributed by atoms with Crippen molar-refractivity contribution in [3.8, 4) is 0 Å². The molecule has 1 aliphatic rings. The molecule has 1 aliphatic heterocycles. The number of hydrogen-bond donors (Lipinski definition) is 1. The summed E-state index contributed by atoms with van der Waals surface area (Å²) in [5.41, 5.74) is 0.768. The molecule has 2 atom stereocenters. The Kier molecular flexibility index (Phi) is 7.03. The fourth-order valence-electron chi connectivity index (χ4n) is 3.45. The summed E-state index contributed by atoms with van der Waals surface area (Å²) in [5, 5.41) is 2.88. The molecular weight excluding hydrogens is 431 g/mol. The Morgan fingerprint density at radius 1 is 0.935 bits per heavy atom. The van der Waals surface area contributed by atoms with E-state index in [9.17, 15) is 26.4 Å². The lowest BCUT2D eigenvalue weighted by atomic mass is 10.1. The molecule has 0 spiro atoms. The Hall–Kier alpha value is -2.43. The number of amides is 1. The number of nitrogens with one attached hydrogen (secondary N) is 1. The maximum Gasteiger partial charge on any atom is 0.243 e. The number of nitrogens with zero attached hydrogens (tertiary/aromatic N) is 2. The van der Waals surface area contributed by atoms with E-state index >= 15 is 0 Å². The second kappa shape index (κ2) is 9.37. The topological polar surface area (TPSA) is 69.7 Å². The molecule has 1 fully saturated rings. The number of carbonyl (C=O) groups is 1. The number of benzene rings is 2. The van der Waals surface area contributed by atoms with Crippen molar-refractivity contribution in [3.05, 3.63) is 65.5 Å². The maximum absolute atomic E-state index is 13.5. The van der Waals surface area contributed by atoms with Crippen LogP contribution in [0.1, 0.15) is 25.5 Å². The number of piperazine rings is 1. The summed E-state index contributed by atoms with van der Waals surface area (Å²) < 4.78 is 66.2. The molecule has 2 aromatic carbocycles. The van der Waals surface area contributed by atoms with E-state index in [1.807, 2.05) is 4.90 Å². The van der Waals surface area contributed by atoms with Crippen LogP contribution in [0.15, 0.2) is 47.4 Å². The van der Waals surface area contributed by atoms with Crippen LogP contribution < -0.4 is 5.32 Å². The lowest BCUT2D eigenvalue weighted by Crippen LogP contribution is -2.55. The summed E-state index contributed by atoms with van der Waals surface area (Å²) in [6.45, 7) is 4.38. The monoisotopic (exact) mass is 455 g/mol. The van der Waals surface area contributed by atoms with Crippen molar-refractivity contribution >= 4 is 15.9 Å². The van der Waals surface area contributed by atoms with Crippen LogP contribution in [-0.2, 0) is 14.8 Å². The normalized spacial score (nSPS) is 17.8. The quantitative estimate of drug-likeness (QED) is 0.727. The van der Waals surface area contributed by atoms with E-state index in [0.717, 1.165) is 17.7 Å². The number of hydrogen-bond acceptors (Lipinski definition) is 4. The first-order valence-electron chi connectivity index (χ1n) is 9.84. The molecule has 1 N–H and O–H groups in total. The van der Waals surface area contributed by atoms with Crippen molar-refractivity contribution in [1.82, 2.24) is 14.5 Å². The van der Waals surface area contributed by atoms with Crippen LogP contribution in [0.2, 0.25) is 0 Å². The van der Waals surface area contributed by atoms with E-state index in [4.69, 9.17) is 0 Å². The first kappa shape index (κ1) is 23.2. The summed E-state index contributed by atoms with van der Waals surface area (Å²) in [5.74, 6) is -2.92. The molecule has 31 heavy (non-hydrogen) atoms. The maximum atomic E-state index is 13.5.